The number of pyridine rings is 1. The number of nitrogens with one attached hydrogen (secondary N) is 1. The van der Waals surface area contributed by atoms with Gasteiger partial charge in [0.2, 0.25) is 5.91 Å². The van der Waals surface area contributed by atoms with Crippen molar-refractivity contribution in [3.63, 3.8) is 0 Å². The number of rotatable bonds is 7. The van der Waals surface area contributed by atoms with E-state index in [9.17, 15) is 19.2 Å². The first-order valence-corrected chi connectivity index (χ1v) is 14.9. The number of aromatic nitrogens is 1. The number of benzene rings is 1. The summed E-state index contributed by atoms with van der Waals surface area (Å²) in [5, 5.41) is 4.40. The second kappa shape index (κ2) is 11.4. The molecule has 0 aliphatic heterocycles. The number of hydrogen-bond acceptors (Lipinski definition) is 9. The Hall–Kier alpha value is -3.41. The van der Waals surface area contributed by atoms with Crippen LogP contribution in [0.4, 0.5) is 5.00 Å². The van der Waals surface area contributed by atoms with Crippen molar-refractivity contribution >= 4 is 67.4 Å². The van der Waals surface area contributed by atoms with Crippen LogP contribution >= 0.6 is 34.4 Å². The molecule has 1 N–H and O–H groups in total. The molecule has 0 spiro atoms. The van der Waals surface area contributed by atoms with E-state index >= 15 is 0 Å². The highest BCUT2D eigenvalue weighted by Gasteiger charge is 2.27. The van der Waals surface area contributed by atoms with E-state index < -0.39 is 11.9 Å². The number of nitrogens with zero attached hydrogens (tertiary/aromatic N) is 1. The lowest BCUT2D eigenvalue weighted by Crippen LogP contribution is -2.22. The first kappa shape index (κ1) is 27.2. The third-order valence-electron chi connectivity index (χ3n) is 6.62. The summed E-state index contributed by atoms with van der Waals surface area (Å²) < 4.78 is 12.3. The summed E-state index contributed by atoms with van der Waals surface area (Å²) in [4.78, 5) is 53.0. The minimum absolute atomic E-state index is 0.0199. The highest BCUT2D eigenvalue weighted by Crippen LogP contribution is 2.38. The van der Waals surface area contributed by atoms with Gasteiger partial charge in [-0.15, -0.1) is 22.7 Å². The Morgan fingerprint density at radius 1 is 1.03 bits per heavy atom. The molecule has 0 radical (unpaired) electrons. The first-order valence-electron chi connectivity index (χ1n) is 12.3. The number of hydrogen-bond donors (Lipinski definition) is 1. The molecular formula is C28H26N2O6S3. The topological polar surface area (TPSA) is 104 Å². The van der Waals surface area contributed by atoms with Crippen molar-refractivity contribution in [1.82, 2.24) is 4.57 Å². The Labute approximate surface area is 236 Å². The van der Waals surface area contributed by atoms with Crippen LogP contribution in [0.1, 0.15) is 48.9 Å². The molecular weight excluding hydrogens is 557 g/mol. The molecule has 39 heavy (non-hydrogen) atoms. The van der Waals surface area contributed by atoms with Crippen LogP contribution in [0.25, 0.3) is 15.8 Å². The lowest BCUT2D eigenvalue weighted by molar-refractivity contribution is -0.113. The van der Waals surface area contributed by atoms with Gasteiger partial charge in [-0.2, -0.15) is 0 Å². The number of thioether (sulfide) groups is 1. The number of amides is 1. The van der Waals surface area contributed by atoms with E-state index in [0.29, 0.717) is 10.6 Å². The van der Waals surface area contributed by atoms with Crippen LogP contribution in [0.15, 0.2) is 46.2 Å². The Kier molecular flexibility index (Phi) is 7.92. The number of carbonyl (C=O) groups excluding carboxylic acids is 3. The molecule has 0 unspecified atom stereocenters. The van der Waals surface area contributed by atoms with E-state index in [4.69, 9.17) is 9.47 Å². The van der Waals surface area contributed by atoms with Crippen molar-refractivity contribution in [3.8, 4) is 5.69 Å². The second-order valence-corrected chi connectivity index (χ2v) is 12.1. The van der Waals surface area contributed by atoms with Gasteiger partial charge in [0.05, 0.1) is 35.9 Å². The molecule has 0 fully saturated rings. The molecule has 1 aliphatic carbocycles. The van der Waals surface area contributed by atoms with Crippen LogP contribution in [0.5, 0.6) is 0 Å². The lowest BCUT2D eigenvalue weighted by Gasteiger charge is -2.14. The molecule has 202 valence electrons. The monoisotopic (exact) mass is 582 g/mol. The molecule has 11 heteroatoms. The molecule has 0 atom stereocenters. The Morgan fingerprint density at radius 3 is 2.46 bits per heavy atom. The van der Waals surface area contributed by atoms with Crippen molar-refractivity contribution < 1.29 is 23.9 Å². The zero-order chi connectivity index (χ0) is 27.7. The van der Waals surface area contributed by atoms with E-state index in [1.165, 1.54) is 30.9 Å². The van der Waals surface area contributed by atoms with Crippen LogP contribution < -0.4 is 10.9 Å². The van der Waals surface area contributed by atoms with Crippen LogP contribution in [-0.2, 0) is 27.1 Å². The Balaban J connectivity index is 1.48. The van der Waals surface area contributed by atoms with Gasteiger partial charge in [-0.25, -0.2) is 9.59 Å². The number of esters is 2. The predicted molar refractivity (Wildman–Crippen MR) is 155 cm³/mol. The number of para-hydroxylation sites is 1. The first-order chi connectivity index (χ1) is 18.8. The summed E-state index contributed by atoms with van der Waals surface area (Å²) >= 11 is 3.87. The summed E-state index contributed by atoms with van der Waals surface area (Å²) in [5.74, 6) is -1.67. The van der Waals surface area contributed by atoms with Crippen LogP contribution in [-0.4, -0.2) is 42.4 Å². The third-order valence-corrected chi connectivity index (χ3v) is 10.0. The van der Waals surface area contributed by atoms with Crippen molar-refractivity contribution in [2.75, 3.05) is 25.3 Å². The van der Waals surface area contributed by atoms with Gasteiger partial charge in [-0.1, -0.05) is 30.0 Å². The van der Waals surface area contributed by atoms with Crippen molar-refractivity contribution in [1.29, 1.82) is 0 Å². The van der Waals surface area contributed by atoms with Crippen LogP contribution in [0.3, 0.4) is 0 Å². The third kappa shape index (κ3) is 5.13. The van der Waals surface area contributed by atoms with Gasteiger partial charge >= 0.3 is 11.9 Å². The van der Waals surface area contributed by atoms with Crippen molar-refractivity contribution in [3.05, 3.63) is 73.2 Å². The lowest BCUT2D eigenvalue weighted by atomic mass is 9.97. The number of methoxy groups -OCH3 is 2. The minimum atomic E-state index is -0.660. The SMILES string of the molecule is COC(=O)c1sc(NC(=O)CSc2cc3sc4c(c3c(=O)n2-c2ccccc2)CCCC4)c(C(=O)OC)c1C. The summed E-state index contributed by atoms with van der Waals surface area (Å²) in [6.45, 7) is 1.60. The average molecular weight is 583 g/mol. The van der Waals surface area contributed by atoms with E-state index in [1.807, 2.05) is 36.4 Å². The molecule has 8 nitrogen and oxygen atoms in total. The number of carbonyl (C=O) groups is 3. The molecule has 5 rings (SSSR count). The number of ether oxygens (including phenoxy) is 2. The summed E-state index contributed by atoms with van der Waals surface area (Å²) in [5.41, 5.74) is 2.31. The zero-order valence-corrected chi connectivity index (χ0v) is 24.1. The molecule has 3 aromatic heterocycles. The number of fused-ring (bicyclic) bond motifs is 3. The maximum atomic E-state index is 13.9. The smallest absolute Gasteiger partial charge is 0.348 e. The van der Waals surface area contributed by atoms with E-state index in [2.05, 4.69) is 5.32 Å². The van der Waals surface area contributed by atoms with Gasteiger partial charge in [-0.3, -0.25) is 14.2 Å². The molecule has 0 saturated carbocycles. The van der Waals surface area contributed by atoms with Gasteiger partial charge in [-0.05, 0) is 61.9 Å². The highest BCUT2D eigenvalue weighted by molar-refractivity contribution is 8.00. The number of thiophene rings is 2. The number of aryl methyl sites for hydroxylation is 2. The van der Waals surface area contributed by atoms with E-state index in [-0.39, 0.29) is 32.7 Å². The maximum absolute atomic E-state index is 13.9. The Morgan fingerprint density at radius 2 is 1.74 bits per heavy atom. The zero-order valence-electron chi connectivity index (χ0n) is 21.6. The number of anilines is 1. The normalized spacial score (nSPS) is 12.7. The fourth-order valence-electron chi connectivity index (χ4n) is 4.78. The molecule has 1 aromatic carbocycles. The average Bonchev–Trinajstić information content (AvgIpc) is 3.48. The van der Waals surface area contributed by atoms with Crippen molar-refractivity contribution in [2.24, 2.45) is 0 Å². The Bertz CT molecular complexity index is 1650. The molecule has 0 bridgehead atoms. The molecule has 0 saturated heterocycles. The van der Waals surface area contributed by atoms with Gasteiger partial charge in [0.1, 0.15) is 9.88 Å². The quantitative estimate of drug-likeness (QED) is 0.223. The minimum Gasteiger partial charge on any atom is -0.465 e. The maximum Gasteiger partial charge on any atom is 0.348 e. The van der Waals surface area contributed by atoms with Gasteiger partial charge in [0.25, 0.3) is 5.56 Å². The van der Waals surface area contributed by atoms with Crippen molar-refractivity contribution in [2.45, 2.75) is 37.6 Å². The molecule has 1 amide bonds. The van der Waals surface area contributed by atoms with E-state index in [1.54, 1.807) is 22.8 Å². The largest absolute Gasteiger partial charge is 0.465 e. The fourth-order valence-corrected chi connectivity index (χ4v) is 8.17. The summed E-state index contributed by atoms with van der Waals surface area (Å²) in [6, 6.07) is 11.4. The molecule has 1 aliphatic rings. The highest BCUT2D eigenvalue weighted by atomic mass is 32.2. The van der Waals surface area contributed by atoms with Gasteiger partial charge in [0, 0.05) is 15.3 Å². The van der Waals surface area contributed by atoms with Gasteiger partial charge in [0.15, 0.2) is 0 Å². The summed E-state index contributed by atoms with van der Waals surface area (Å²) in [7, 11) is 2.49. The standard InChI is InChI=1S/C28H26N2O6S3/c1-15-22(27(33)35-2)25(39-24(15)28(34)36-3)29-20(31)14-37-21-13-19-23(17-11-7-8-12-18(17)38-19)26(32)30(21)16-9-5-4-6-10-16/h4-6,9-10,13H,7-8,11-12,14H2,1-3H3,(H,29,31). The predicted octanol–water partition coefficient (Wildman–Crippen LogP) is 5.60. The van der Waals surface area contributed by atoms with E-state index in [0.717, 1.165) is 58.4 Å². The second-order valence-electron chi connectivity index (χ2n) is 8.99. The van der Waals surface area contributed by atoms with Crippen LogP contribution in [0, 0.1) is 6.92 Å². The molecule has 4 aromatic rings. The van der Waals surface area contributed by atoms with Crippen LogP contribution in [0.2, 0.25) is 0 Å². The fraction of sp³-hybridized carbons (Fsp3) is 0.286. The summed E-state index contributed by atoms with van der Waals surface area (Å²) in [6.07, 6.45) is 4.10. The van der Waals surface area contributed by atoms with Gasteiger partial charge < -0.3 is 14.8 Å². The molecule has 3 heterocycles.